The van der Waals surface area contributed by atoms with Gasteiger partial charge in [0, 0.05) is 12.6 Å². The van der Waals surface area contributed by atoms with Gasteiger partial charge in [-0.1, -0.05) is 6.92 Å². The van der Waals surface area contributed by atoms with Gasteiger partial charge in [0.1, 0.15) is 0 Å². The normalized spacial score (nSPS) is 34.3. The third-order valence-electron chi connectivity index (χ3n) is 2.69. The van der Waals surface area contributed by atoms with Crippen molar-refractivity contribution in [3.05, 3.63) is 4.91 Å². The first-order valence-corrected chi connectivity index (χ1v) is 4.39. The average Bonchev–Trinajstić information content (AvgIpc) is 2.07. The number of rotatable bonds is 2. The summed E-state index contributed by atoms with van der Waals surface area (Å²) in [6, 6.07) is -0.0604. The molecule has 0 aromatic rings. The molecule has 1 saturated heterocycles. The summed E-state index contributed by atoms with van der Waals surface area (Å²) in [6.45, 7) is 4.10. The summed E-state index contributed by atoms with van der Waals surface area (Å²) in [6.07, 6.45) is 0.502. The summed E-state index contributed by atoms with van der Waals surface area (Å²) in [4.78, 5) is 21.1. The Kier molecular flexibility index (Phi) is 2.85. The first-order chi connectivity index (χ1) is 6.06. The number of hydrogen-bond acceptors (Lipinski definition) is 3. The van der Waals surface area contributed by atoms with E-state index in [2.05, 4.69) is 5.29 Å². The van der Waals surface area contributed by atoms with E-state index in [-0.39, 0.29) is 17.9 Å². The summed E-state index contributed by atoms with van der Waals surface area (Å²) in [7, 11) is 0. The Bertz CT molecular complexity index is 219. The van der Waals surface area contributed by atoms with Crippen LogP contribution in [-0.4, -0.2) is 28.7 Å². The molecule has 74 valence electrons. The Morgan fingerprint density at radius 2 is 2.15 bits per heavy atom. The molecule has 3 atom stereocenters. The summed E-state index contributed by atoms with van der Waals surface area (Å²) in [5.41, 5.74) is 0. The van der Waals surface area contributed by atoms with Crippen molar-refractivity contribution in [2.45, 2.75) is 26.3 Å². The maximum absolute atomic E-state index is 10.8. The summed E-state index contributed by atoms with van der Waals surface area (Å²) in [5.74, 6) is -1.12. The monoisotopic (exact) mass is 186 g/mol. The molecule has 3 unspecified atom stereocenters. The first kappa shape index (κ1) is 9.95. The third-order valence-corrected chi connectivity index (χ3v) is 2.69. The maximum atomic E-state index is 10.8. The van der Waals surface area contributed by atoms with Gasteiger partial charge in [0.05, 0.1) is 11.2 Å². The van der Waals surface area contributed by atoms with Crippen molar-refractivity contribution in [2.75, 3.05) is 6.54 Å². The molecule has 0 aromatic carbocycles. The second kappa shape index (κ2) is 3.72. The number of carbonyl (C=O) groups is 1. The molecule has 1 rings (SSSR count). The Morgan fingerprint density at radius 3 is 2.62 bits per heavy atom. The van der Waals surface area contributed by atoms with E-state index in [4.69, 9.17) is 5.11 Å². The predicted octanol–water partition coefficient (Wildman–Crippen LogP) is 1.10. The largest absolute Gasteiger partial charge is 0.481 e. The first-order valence-electron chi connectivity index (χ1n) is 4.39. The molecular formula is C8H14N2O3. The molecule has 0 saturated carbocycles. The van der Waals surface area contributed by atoms with Crippen molar-refractivity contribution < 1.29 is 9.90 Å². The number of piperidine rings is 1. The fourth-order valence-corrected chi connectivity index (χ4v) is 1.78. The van der Waals surface area contributed by atoms with Crippen molar-refractivity contribution in [1.29, 1.82) is 0 Å². The van der Waals surface area contributed by atoms with Crippen molar-refractivity contribution in [3.63, 3.8) is 0 Å². The van der Waals surface area contributed by atoms with Crippen LogP contribution in [0.3, 0.4) is 0 Å². The van der Waals surface area contributed by atoms with Gasteiger partial charge in [-0.15, -0.1) is 4.91 Å². The Morgan fingerprint density at radius 1 is 1.54 bits per heavy atom. The van der Waals surface area contributed by atoms with Crippen LogP contribution in [0, 0.1) is 16.7 Å². The lowest BCUT2D eigenvalue weighted by Gasteiger charge is -2.35. The van der Waals surface area contributed by atoms with Gasteiger partial charge < -0.3 is 5.11 Å². The van der Waals surface area contributed by atoms with E-state index in [9.17, 15) is 9.70 Å². The zero-order chi connectivity index (χ0) is 10.0. The summed E-state index contributed by atoms with van der Waals surface area (Å²) in [5, 5.41) is 13.1. The Balaban J connectivity index is 2.66. The highest BCUT2D eigenvalue weighted by atomic mass is 16.4. The molecule has 1 N–H and O–H groups in total. The zero-order valence-electron chi connectivity index (χ0n) is 7.80. The van der Waals surface area contributed by atoms with E-state index in [0.29, 0.717) is 13.0 Å². The van der Waals surface area contributed by atoms with E-state index in [0.717, 1.165) is 0 Å². The van der Waals surface area contributed by atoms with Crippen LogP contribution in [0.1, 0.15) is 20.3 Å². The average molecular weight is 186 g/mol. The van der Waals surface area contributed by atoms with Gasteiger partial charge in [-0.2, -0.15) is 0 Å². The lowest BCUT2D eigenvalue weighted by atomic mass is 9.84. The number of nitrogens with zero attached hydrogens (tertiary/aromatic N) is 2. The minimum Gasteiger partial charge on any atom is -0.481 e. The minimum absolute atomic E-state index is 0.00796. The van der Waals surface area contributed by atoms with E-state index in [1.54, 1.807) is 0 Å². The number of nitroso groups, excluding NO2 is 1. The fraction of sp³-hybridized carbons (Fsp3) is 0.875. The van der Waals surface area contributed by atoms with Crippen molar-refractivity contribution >= 4 is 5.97 Å². The van der Waals surface area contributed by atoms with Gasteiger partial charge in [-0.25, -0.2) is 0 Å². The van der Waals surface area contributed by atoms with Gasteiger partial charge in [0.25, 0.3) is 0 Å². The van der Waals surface area contributed by atoms with Crippen LogP contribution in [0.4, 0.5) is 0 Å². The van der Waals surface area contributed by atoms with Crippen molar-refractivity contribution in [1.82, 2.24) is 5.01 Å². The van der Waals surface area contributed by atoms with Crippen LogP contribution >= 0.6 is 0 Å². The molecule has 0 aromatic heterocycles. The van der Waals surface area contributed by atoms with Crippen LogP contribution < -0.4 is 0 Å². The lowest BCUT2D eigenvalue weighted by Crippen LogP contribution is -2.44. The van der Waals surface area contributed by atoms with Crippen molar-refractivity contribution in [3.8, 4) is 0 Å². The van der Waals surface area contributed by atoms with E-state index < -0.39 is 5.97 Å². The molecule has 1 heterocycles. The molecule has 0 bridgehead atoms. The maximum Gasteiger partial charge on any atom is 0.306 e. The predicted molar refractivity (Wildman–Crippen MR) is 46.9 cm³/mol. The molecule has 13 heavy (non-hydrogen) atoms. The fourth-order valence-electron chi connectivity index (χ4n) is 1.78. The molecule has 5 heteroatoms. The Labute approximate surface area is 76.7 Å². The van der Waals surface area contributed by atoms with Crippen LogP contribution in [0.5, 0.6) is 0 Å². The molecule has 1 fully saturated rings. The Hall–Kier alpha value is -1.13. The quantitative estimate of drug-likeness (QED) is 0.655. The SMILES string of the molecule is CC1CN(N=O)C(C)CC1C(=O)O. The van der Waals surface area contributed by atoms with Gasteiger partial charge in [-0.05, 0) is 19.3 Å². The van der Waals surface area contributed by atoms with Crippen molar-refractivity contribution in [2.24, 2.45) is 17.1 Å². The smallest absolute Gasteiger partial charge is 0.306 e. The molecule has 0 spiro atoms. The highest BCUT2D eigenvalue weighted by Crippen LogP contribution is 2.27. The molecule has 1 aliphatic rings. The van der Waals surface area contributed by atoms with Gasteiger partial charge in [0.2, 0.25) is 0 Å². The summed E-state index contributed by atoms with van der Waals surface area (Å²) >= 11 is 0. The van der Waals surface area contributed by atoms with E-state index in [1.165, 1.54) is 5.01 Å². The standard InChI is InChI=1S/C8H14N2O3/c1-5-4-10(9-13)6(2)3-7(5)8(11)12/h5-7H,3-4H2,1-2H3,(H,11,12). The van der Waals surface area contributed by atoms with Gasteiger partial charge >= 0.3 is 5.97 Å². The van der Waals surface area contributed by atoms with Crippen LogP contribution in [0.2, 0.25) is 0 Å². The second-order valence-electron chi connectivity index (χ2n) is 3.71. The summed E-state index contributed by atoms with van der Waals surface area (Å²) < 4.78 is 0. The van der Waals surface area contributed by atoms with Crippen LogP contribution in [0.15, 0.2) is 5.29 Å². The van der Waals surface area contributed by atoms with Gasteiger partial charge in [-0.3, -0.25) is 9.80 Å². The topological polar surface area (TPSA) is 70.0 Å². The van der Waals surface area contributed by atoms with E-state index >= 15 is 0 Å². The number of aliphatic carboxylic acids is 1. The molecule has 5 nitrogen and oxygen atoms in total. The third kappa shape index (κ3) is 1.96. The molecule has 0 amide bonds. The minimum atomic E-state index is -0.773. The molecule has 0 aliphatic carbocycles. The van der Waals surface area contributed by atoms with Crippen LogP contribution in [0.25, 0.3) is 0 Å². The zero-order valence-corrected chi connectivity index (χ0v) is 7.80. The lowest BCUT2D eigenvalue weighted by molar-refractivity contribution is -0.146. The molecular weight excluding hydrogens is 172 g/mol. The van der Waals surface area contributed by atoms with Gasteiger partial charge in [0.15, 0.2) is 0 Å². The molecule has 0 radical (unpaired) electrons. The number of carboxylic acid groups (broad SMARTS) is 1. The molecule has 1 aliphatic heterocycles. The van der Waals surface area contributed by atoms with E-state index in [1.807, 2.05) is 13.8 Å². The van der Waals surface area contributed by atoms with Crippen LogP contribution in [-0.2, 0) is 4.79 Å². The highest BCUT2D eigenvalue weighted by Gasteiger charge is 2.35. The number of hydrogen-bond donors (Lipinski definition) is 1. The number of carboxylic acids is 1. The second-order valence-corrected chi connectivity index (χ2v) is 3.71. The highest BCUT2D eigenvalue weighted by molar-refractivity contribution is 5.70.